The zero-order valence-corrected chi connectivity index (χ0v) is 11.7. The highest BCUT2D eigenvalue weighted by Crippen LogP contribution is 2.27. The van der Waals surface area contributed by atoms with E-state index in [0.717, 1.165) is 33.9 Å². The van der Waals surface area contributed by atoms with E-state index in [-0.39, 0.29) is 0 Å². The summed E-state index contributed by atoms with van der Waals surface area (Å²) in [4.78, 5) is 0. The van der Waals surface area contributed by atoms with Gasteiger partial charge in [-0.2, -0.15) is 0 Å². The Bertz CT molecular complexity index is 299. The van der Waals surface area contributed by atoms with E-state index in [2.05, 4.69) is 37.2 Å². The summed E-state index contributed by atoms with van der Waals surface area (Å²) in [5.41, 5.74) is 0. The van der Waals surface area contributed by atoms with Crippen molar-refractivity contribution in [1.29, 1.82) is 0 Å². The van der Waals surface area contributed by atoms with E-state index in [1.54, 1.807) is 0 Å². The fourth-order valence-electron chi connectivity index (χ4n) is 2.09. The van der Waals surface area contributed by atoms with Gasteiger partial charge in [0.25, 0.3) is 0 Å². The Morgan fingerprint density at radius 2 is 2.07 bits per heavy atom. The molecule has 0 spiro atoms. The van der Waals surface area contributed by atoms with Crippen molar-refractivity contribution in [1.82, 2.24) is 5.32 Å². The van der Waals surface area contributed by atoms with Crippen LogP contribution in [-0.4, -0.2) is 6.54 Å². The predicted molar refractivity (Wildman–Crippen MR) is 67.8 cm³/mol. The fraction of sp³-hybridized carbons (Fsp3) is 0.636. The van der Waals surface area contributed by atoms with Gasteiger partial charge in [0.1, 0.15) is 5.76 Å². The maximum Gasteiger partial charge on any atom is 0.183 e. The van der Waals surface area contributed by atoms with Gasteiger partial charge in [-0.25, -0.2) is 0 Å². The first-order chi connectivity index (χ1) is 7.25. The molecule has 0 radical (unpaired) electrons. The lowest BCUT2D eigenvalue weighted by molar-refractivity contribution is 0.434. The van der Waals surface area contributed by atoms with E-state index in [1.165, 1.54) is 25.7 Å². The zero-order chi connectivity index (χ0) is 10.7. The van der Waals surface area contributed by atoms with Crippen molar-refractivity contribution < 1.29 is 4.42 Å². The molecule has 1 saturated carbocycles. The highest BCUT2D eigenvalue weighted by atomic mass is 79.9. The second-order valence-corrected chi connectivity index (χ2v) is 5.69. The molecule has 4 heteroatoms. The molecule has 1 N–H and O–H groups in total. The summed E-state index contributed by atoms with van der Waals surface area (Å²) >= 11 is 6.74. The fourth-order valence-corrected chi connectivity index (χ4v) is 2.75. The predicted octanol–water partition coefficient (Wildman–Crippen LogP) is 4.08. The lowest BCUT2D eigenvalue weighted by Gasteiger charge is -2.08. The Morgan fingerprint density at radius 3 is 2.67 bits per heavy atom. The van der Waals surface area contributed by atoms with Crippen LogP contribution in [0.15, 0.2) is 19.6 Å². The van der Waals surface area contributed by atoms with Gasteiger partial charge in [0, 0.05) is 0 Å². The second-order valence-electron chi connectivity index (χ2n) is 4.12. The minimum Gasteiger partial charge on any atom is -0.452 e. The van der Waals surface area contributed by atoms with E-state index >= 15 is 0 Å². The third-order valence-electron chi connectivity index (χ3n) is 2.90. The van der Waals surface area contributed by atoms with Crippen molar-refractivity contribution in [3.8, 4) is 0 Å². The van der Waals surface area contributed by atoms with Gasteiger partial charge in [-0.15, -0.1) is 0 Å². The molecule has 0 aliphatic heterocycles. The third-order valence-corrected chi connectivity index (χ3v) is 4.61. The minimum absolute atomic E-state index is 0.778. The molecule has 2 nitrogen and oxygen atoms in total. The smallest absolute Gasteiger partial charge is 0.183 e. The average molecular weight is 337 g/mol. The van der Waals surface area contributed by atoms with E-state index in [1.807, 2.05) is 6.07 Å². The Morgan fingerprint density at radius 1 is 1.33 bits per heavy atom. The largest absolute Gasteiger partial charge is 0.452 e. The van der Waals surface area contributed by atoms with Crippen LogP contribution in [0.5, 0.6) is 0 Å². The number of nitrogens with one attached hydrogen (secondary N) is 1. The Kier molecular flexibility index (Phi) is 4.29. The minimum atomic E-state index is 0.778. The molecule has 0 aromatic carbocycles. The molecule has 84 valence electrons. The normalized spacial score (nSPS) is 17.5. The van der Waals surface area contributed by atoms with Crippen LogP contribution in [0.1, 0.15) is 31.4 Å². The van der Waals surface area contributed by atoms with Crippen LogP contribution in [0.2, 0.25) is 0 Å². The first-order valence-corrected chi connectivity index (χ1v) is 6.98. The van der Waals surface area contributed by atoms with Crippen LogP contribution in [0.3, 0.4) is 0 Å². The molecule has 0 atom stereocenters. The van der Waals surface area contributed by atoms with Crippen molar-refractivity contribution in [2.24, 2.45) is 5.92 Å². The van der Waals surface area contributed by atoms with Gasteiger partial charge in [0.15, 0.2) is 4.67 Å². The van der Waals surface area contributed by atoms with E-state index in [9.17, 15) is 0 Å². The summed E-state index contributed by atoms with van der Waals surface area (Å²) in [6.07, 6.45) is 5.59. The van der Waals surface area contributed by atoms with E-state index in [4.69, 9.17) is 4.42 Å². The van der Waals surface area contributed by atoms with Gasteiger partial charge < -0.3 is 9.73 Å². The summed E-state index contributed by atoms with van der Waals surface area (Å²) in [6.45, 7) is 1.94. The number of hydrogen-bond donors (Lipinski definition) is 1. The quantitative estimate of drug-likeness (QED) is 0.896. The van der Waals surface area contributed by atoms with Crippen LogP contribution in [0.25, 0.3) is 0 Å². The van der Waals surface area contributed by atoms with Crippen molar-refractivity contribution in [3.05, 3.63) is 21.0 Å². The van der Waals surface area contributed by atoms with Crippen LogP contribution in [0, 0.1) is 5.92 Å². The molecule has 1 aliphatic carbocycles. The van der Waals surface area contributed by atoms with Crippen LogP contribution < -0.4 is 5.32 Å². The molecule has 2 rings (SSSR count). The molecule has 1 aromatic heterocycles. The Labute approximate surface area is 107 Å². The molecular formula is C11H15Br2NO. The van der Waals surface area contributed by atoms with E-state index in [0.29, 0.717) is 0 Å². The monoisotopic (exact) mass is 335 g/mol. The van der Waals surface area contributed by atoms with Crippen molar-refractivity contribution in [2.75, 3.05) is 6.54 Å². The van der Waals surface area contributed by atoms with Crippen LogP contribution in [-0.2, 0) is 6.54 Å². The van der Waals surface area contributed by atoms with Crippen molar-refractivity contribution >= 4 is 31.9 Å². The number of hydrogen-bond acceptors (Lipinski definition) is 2. The van der Waals surface area contributed by atoms with Gasteiger partial charge in [-0.3, -0.25) is 0 Å². The highest BCUT2D eigenvalue weighted by Gasteiger charge is 2.14. The summed E-state index contributed by atoms with van der Waals surface area (Å²) < 4.78 is 7.25. The molecule has 0 saturated heterocycles. The lowest BCUT2D eigenvalue weighted by atomic mass is 10.1. The van der Waals surface area contributed by atoms with Crippen LogP contribution in [0.4, 0.5) is 0 Å². The molecule has 0 unspecified atom stereocenters. The number of halogens is 2. The maximum atomic E-state index is 5.49. The second kappa shape index (κ2) is 5.51. The summed E-state index contributed by atoms with van der Waals surface area (Å²) in [6, 6.07) is 2.01. The van der Waals surface area contributed by atoms with Crippen molar-refractivity contribution in [3.63, 3.8) is 0 Å². The topological polar surface area (TPSA) is 25.2 Å². The zero-order valence-electron chi connectivity index (χ0n) is 8.56. The summed E-state index contributed by atoms with van der Waals surface area (Å²) in [7, 11) is 0. The average Bonchev–Trinajstić information content (AvgIpc) is 2.79. The number of rotatable bonds is 4. The summed E-state index contributed by atoms with van der Waals surface area (Å²) in [5.74, 6) is 1.86. The molecule has 15 heavy (non-hydrogen) atoms. The first kappa shape index (κ1) is 11.7. The molecule has 1 aromatic rings. The lowest BCUT2D eigenvalue weighted by Crippen LogP contribution is -2.20. The highest BCUT2D eigenvalue weighted by molar-refractivity contribution is 9.13. The van der Waals surface area contributed by atoms with E-state index < -0.39 is 0 Å². The van der Waals surface area contributed by atoms with Crippen LogP contribution >= 0.6 is 31.9 Å². The molecule has 1 fully saturated rings. The maximum absolute atomic E-state index is 5.49. The SMILES string of the molecule is Brc1cc(CNCC2CCCC2)oc1Br. The standard InChI is InChI=1S/C11H15Br2NO/c12-10-5-9(15-11(10)13)7-14-6-8-3-1-2-4-8/h5,8,14H,1-4,6-7H2. The molecule has 0 amide bonds. The third kappa shape index (κ3) is 3.33. The Balaban J connectivity index is 1.73. The summed E-state index contributed by atoms with van der Waals surface area (Å²) in [5, 5.41) is 3.45. The molecule has 0 bridgehead atoms. The first-order valence-electron chi connectivity index (χ1n) is 5.40. The van der Waals surface area contributed by atoms with Crippen molar-refractivity contribution in [2.45, 2.75) is 32.2 Å². The Hall–Kier alpha value is 0.200. The van der Waals surface area contributed by atoms with Gasteiger partial charge in [0.05, 0.1) is 11.0 Å². The number of furan rings is 1. The van der Waals surface area contributed by atoms with Gasteiger partial charge in [-0.1, -0.05) is 12.8 Å². The van der Waals surface area contributed by atoms with Gasteiger partial charge >= 0.3 is 0 Å². The molecular weight excluding hydrogens is 322 g/mol. The van der Waals surface area contributed by atoms with Gasteiger partial charge in [-0.05, 0) is 63.2 Å². The molecule has 1 heterocycles. The van der Waals surface area contributed by atoms with Gasteiger partial charge in [0.2, 0.25) is 0 Å². The molecule has 1 aliphatic rings.